The van der Waals surface area contributed by atoms with Crippen LogP contribution in [0.5, 0.6) is 0 Å². The molecule has 0 aliphatic heterocycles. The van der Waals surface area contributed by atoms with E-state index in [4.69, 9.17) is 10.2 Å². The first-order chi connectivity index (χ1) is 12.6. The molecule has 0 atom stereocenters. The van der Waals surface area contributed by atoms with Crippen LogP contribution in [-0.4, -0.2) is 51.7 Å². The number of anilines is 1. The van der Waals surface area contributed by atoms with E-state index >= 15 is 0 Å². The number of hydrogen-bond donors (Lipinski definition) is 3. The summed E-state index contributed by atoms with van der Waals surface area (Å²) < 4.78 is 2.22. The molecule has 26 heavy (non-hydrogen) atoms. The van der Waals surface area contributed by atoms with Gasteiger partial charge in [0.15, 0.2) is 0 Å². The number of carbonyl (C=O) groups excluding carboxylic acids is 1. The predicted molar refractivity (Wildman–Crippen MR) is 105 cm³/mol. The van der Waals surface area contributed by atoms with Crippen molar-refractivity contribution in [3.8, 4) is 0 Å². The number of imidazole rings is 1. The van der Waals surface area contributed by atoms with E-state index in [1.165, 1.54) is 6.08 Å². The number of carbonyl (C=O) groups is 1. The van der Waals surface area contributed by atoms with E-state index < -0.39 is 5.91 Å². The lowest BCUT2D eigenvalue weighted by Crippen LogP contribution is -2.27. The largest absolute Gasteiger partial charge is 0.356 e. The molecule has 0 fully saturated rings. The highest BCUT2D eigenvalue weighted by Crippen LogP contribution is 2.22. The molecule has 1 heterocycles. The Morgan fingerprint density at radius 2 is 2.08 bits per heavy atom. The zero-order chi connectivity index (χ0) is 18.9. The quantitative estimate of drug-likeness (QED) is 0.345. The van der Waals surface area contributed by atoms with Gasteiger partial charge in [-0.2, -0.15) is 0 Å². The molecular weight excluding hydrogens is 330 g/mol. The molecule has 0 radical (unpaired) electrons. The maximum atomic E-state index is 11.1. The first-order valence-corrected chi connectivity index (χ1v) is 9.21. The molecule has 3 N–H and O–H groups in total. The molecular formula is C19H29N5O2. The number of amides is 1. The van der Waals surface area contributed by atoms with Crippen LogP contribution in [0.4, 0.5) is 5.95 Å². The SMILES string of the molecule is CCCNc1nc2cc(C=CC(=O)NO)ccc2n1CCN(CC)CC. The summed E-state index contributed by atoms with van der Waals surface area (Å²) in [6, 6.07) is 5.92. The fourth-order valence-corrected chi connectivity index (χ4v) is 2.84. The van der Waals surface area contributed by atoms with E-state index in [1.54, 1.807) is 11.6 Å². The Labute approximate surface area is 154 Å². The summed E-state index contributed by atoms with van der Waals surface area (Å²) in [4.78, 5) is 18.3. The molecule has 0 unspecified atom stereocenters. The Morgan fingerprint density at radius 1 is 1.31 bits per heavy atom. The molecule has 0 saturated heterocycles. The molecule has 0 aliphatic carbocycles. The molecule has 1 aromatic carbocycles. The van der Waals surface area contributed by atoms with Crippen molar-refractivity contribution in [1.82, 2.24) is 19.9 Å². The lowest BCUT2D eigenvalue weighted by Gasteiger charge is -2.19. The van der Waals surface area contributed by atoms with Crippen LogP contribution in [-0.2, 0) is 11.3 Å². The third kappa shape index (κ3) is 5.06. The van der Waals surface area contributed by atoms with Gasteiger partial charge in [-0.05, 0) is 43.3 Å². The fourth-order valence-electron chi connectivity index (χ4n) is 2.84. The minimum absolute atomic E-state index is 0.555. The standard InChI is InChI=1S/C19H29N5O2/c1-4-11-20-19-21-16-14-15(8-10-18(25)22-26)7-9-17(16)24(19)13-12-23(5-2)6-3/h7-10,14,26H,4-6,11-13H2,1-3H3,(H,20,21)(H,22,25). The van der Waals surface area contributed by atoms with Crippen molar-refractivity contribution in [3.63, 3.8) is 0 Å². The van der Waals surface area contributed by atoms with Gasteiger partial charge in [-0.15, -0.1) is 0 Å². The van der Waals surface area contributed by atoms with E-state index in [0.717, 1.165) is 61.7 Å². The van der Waals surface area contributed by atoms with Crippen molar-refractivity contribution in [3.05, 3.63) is 29.8 Å². The number of nitrogens with one attached hydrogen (secondary N) is 2. The lowest BCUT2D eigenvalue weighted by atomic mass is 10.2. The van der Waals surface area contributed by atoms with Gasteiger partial charge in [0.2, 0.25) is 5.95 Å². The van der Waals surface area contributed by atoms with E-state index in [1.807, 2.05) is 18.2 Å². The lowest BCUT2D eigenvalue weighted by molar-refractivity contribution is -0.124. The Morgan fingerprint density at radius 3 is 2.73 bits per heavy atom. The first-order valence-electron chi connectivity index (χ1n) is 9.21. The van der Waals surface area contributed by atoms with Gasteiger partial charge in [-0.25, -0.2) is 10.5 Å². The number of aromatic nitrogens is 2. The van der Waals surface area contributed by atoms with Crippen LogP contribution >= 0.6 is 0 Å². The first kappa shape index (κ1) is 19.9. The maximum Gasteiger partial charge on any atom is 0.267 e. The van der Waals surface area contributed by atoms with Gasteiger partial charge < -0.3 is 14.8 Å². The van der Waals surface area contributed by atoms with Crippen LogP contribution in [0.2, 0.25) is 0 Å². The molecule has 142 valence electrons. The average molecular weight is 359 g/mol. The molecule has 0 aliphatic rings. The monoisotopic (exact) mass is 359 g/mol. The Balaban J connectivity index is 2.31. The van der Waals surface area contributed by atoms with Gasteiger partial charge in [-0.1, -0.05) is 26.8 Å². The van der Waals surface area contributed by atoms with Crippen molar-refractivity contribution in [2.75, 3.05) is 31.5 Å². The summed E-state index contributed by atoms with van der Waals surface area (Å²) in [6.45, 7) is 11.2. The number of nitrogens with zero attached hydrogens (tertiary/aromatic N) is 3. The molecule has 7 heteroatoms. The normalized spacial score (nSPS) is 11.6. The van der Waals surface area contributed by atoms with Gasteiger partial charge in [0.25, 0.3) is 5.91 Å². The number of hydroxylamine groups is 1. The summed E-state index contributed by atoms with van der Waals surface area (Å²) in [5, 5.41) is 12.0. The zero-order valence-electron chi connectivity index (χ0n) is 15.8. The highest BCUT2D eigenvalue weighted by Gasteiger charge is 2.11. The average Bonchev–Trinajstić information content (AvgIpc) is 3.01. The second-order valence-electron chi connectivity index (χ2n) is 6.10. The van der Waals surface area contributed by atoms with Gasteiger partial charge in [0.1, 0.15) is 0 Å². The number of benzene rings is 1. The van der Waals surface area contributed by atoms with Crippen LogP contribution in [0.1, 0.15) is 32.8 Å². The van der Waals surface area contributed by atoms with Crippen molar-refractivity contribution in [1.29, 1.82) is 0 Å². The van der Waals surface area contributed by atoms with E-state index in [-0.39, 0.29) is 0 Å². The number of fused-ring (bicyclic) bond motifs is 1. The summed E-state index contributed by atoms with van der Waals surface area (Å²) in [5.41, 5.74) is 4.40. The summed E-state index contributed by atoms with van der Waals surface area (Å²) in [5.74, 6) is 0.323. The highest BCUT2D eigenvalue weighted by molar-refractivity contribution is 5.91. The van der Waals surface area contributed by atoms with Crippen LogP contribution in [0.25, 0.3) is 17.1 Å². The van der Waals surface area contributed by atoms with Crippen molar-refractivity contribution in [2.45, 2.75) is 33.7 Å². The van der Waals surface area contributed by atoms with Crippen molar-refractivity contribution >= 4 is 29.0 Å². The van der Waals surface area contributed by atoms with Gasteiger partial charge in [0.05, 0.1) is 11.0 Å². The molecule has 0 saturated carbocycles. The van der Waals surface area contributed by atoms with Crippen LogP contribution in [0, 0.1) is 0 Å². The molecule has 2 aromatic rings. The summed E-state index contributed by atoms with van der Waals surface area (Å²) in [7, 11) is 0. The van der Waals surface area contributed by atoms with Crippen molar-refractivity contribution in [2.24, 2.45) is 0 Å². The Hall–Kier alpha value is -2.38. The van der Waals surface area contributed by atoms with Crippen molar-refractivity contribution < 1.29 is 10.0 Å². The fraction of sp³-hybridized carbons (Fsp3) is 0.474. The van der Waals surface area contributed by atoms with Gasteiger partial charge in [-0.3, -0.25) is 10.0 Å². The molecule has 0 bridgehead atoms. The predicted octanol–water partition coefficient (Wildman–Crippen LogP) is 2.72. The third-order valence-electron chi connectivity index (χ3n) is 4.38. The van der Waals surface area contributed by atoms with Crippen LogP contribution in [0.3, 0.4) is 0 Å². The minimum atomic E-state index is -0.555. The van der Waals surface area contributed by atoms with Gasteiger partial charge in [0, 0.05) is 25.7 Å². The zero-order valence-corrected chi connectivity index (χ0v) is 15.8. The Kier molecular flexibility index (Phi) is 7.62. The summed E-state index contributed by atoms with van der Waals surface area (Å²) in [6.07, 6.45) is 3.97. The number of hydrogen-bond acceptors (Lipinski definition) is 5. The van der Waals surface area contributed by atoms with Crippen LogP contribution in [0.15, 0.2) is 24.3 Å². The molecule has 1 amide bonds. The molecule has 2 rings (SSSR count). The second-order valence-corrected chi connectivity index (χ2v) is 6.10. The van der Waals surface area contributed by atoms with Crippen LogP contribution < -0.4 is 10.8 Å². The Bertz CT molecular complexity index is 750. The smallest absolute Gasteiger partial charge is 0.267 e. The minimum Gasteiger partial charge on any atom is -0.356 e. The topological polar surface area (TPSA) is 82.4 Å². The third-order valence-corrected chi connectivity index (χ3v) is 4.38. The van der Waals surface area contributed by atoms with E-state index in [0.29, 0.717) is 0 Å². The maximum absolute atomic E-state index is 11.1. The van der Waals surface area contributed by atoms with Gasteiger partial charge >= 0.3 is 0 Å². The number of rotatable bonds is 10. The second kappa shape index (κ2) is 9.94. The van der Waals surface area contributed by atoms with E-state index in [2.05, 4.69) is 35.6 Å². The molecule has 1 aromatic heterocycles. The number of likely N-dealkylation sites (N-methyl/N-ethyl adjacent to an activating group) is 1. The highest BCUT2D eigenvalue weighted by atomic mass is 16.5. The summed E-state index contributed by atoms with van der Waals surface area (Å²) >= 11 is 0. The molecule has 0 spiro atoms. The van der Waals surface area contributed by atoms with E-state index in [9.17, 15) is 4.79 Å². The molecule has 7 nitrogen and oxygen atoms in total.